The Morgan fingerprint density at radius 3 is 2.23 bits per heavy atom. The lowest BCUT2D eigenvalue weighted by molar-refractivity contribution is 0.0981. The average Bonchev–Trinajstić information content (AvgIpc) is 2.17. The van der Waals surface area contributed by atoms with Gasteiger partial charge in [0.2, 0.25) is 0 Å². The fourth-order valence-corrected chi connectivity index (χ4v) is 1.42. The van der Waals surface area contributed by atoms with Crippen molar-refractivity contribution in [2.75, 3.05) is 0 Å². The Hall–Kier alpha value is -0.380. The highest BCUT2D eigenvalue weighted by molar-refractivity contribution is 14.1. The Labute approximate surface area is 92.7 Å². The summed E-state index contributed by atoms with van der Waals surface area (Å²) in [6.45, 7) is 4.13. The van der Waals surface area contributed by atoms with Crippen molar-refractivity contribution >= 4 is 28.4 Å². The topological polar surface area (TPSA) is 17.1 Å². The van der Waals surface area contributed by atoms with Crippen molar-refractivity contribution in [3.05, 3.63) is 35.9 Å². The lowest BCUT2D eigenvalue weighted by Crippen LogP contribution is -2.19. The summed E-state index contributed by atoms with van der Waals surface area (Å²) in [5.41, 5.74) is 0.815. The molecule has 0 amide bonds. The van der Waals surface area contributed by atoms with Crippen LogP contribution in [-0.4, -0.2) is 9.71 Å². The van der Waals surface area contributed by atoms with E-state index in [1.165, 1.54) is 0 Å². The van der Waals surface area contributed by atoms with Crippen molar-refractivity contribution in [2.45, 2.75) is 17.8 Å². The van der Waals surface area contributed by atoms with Crippen molar-refractivity contribution in [1.29, 1.82) is 0 Å². The summed E-state index contributed by atoms with van der Waals surface area (Å²) < 4.78 is 0.0833. The van der Waals surface area contributed by atoms with Gasteiger partial charge in [0.05, 0.1) is 3.92 Å². The molecule has 2 heteroatoms. The standard InChI is InChI=1S/C11H13IO/c1-8(2)10(12)11(13)9-6-4-3-5-7-9/h3-8,10H,1-2H3. The Morgan fingerprint density at radius 1 is 1.23 bits per heavy atom. The van der Waals surface area contributed by atoms with E-state index >= 15 is 0 Å². The lowest BCUT2D eigenvalue weighted by Gasteiger charge is -2.11. The van der Waals surface area contributed by atoms with E-state index in [2.05, 4.69) is 36.4 Å². The monoisotopic (exact) mass is 288 g/mol. The Morgan fingerprint density at radius 2 is 1.77 bits per heavy atom. The van der Waals surface area contributed by atoms with Crippen LogP contribution in [0.4, 0.5) is 0 Å². The number of benzene rings is 1. The van der Waals surface area contributed by atoms with E-state index < -0.39 is 0 Å². The van der Waals surface area contributed by atoms with Gasteiger partial charge >= 0.3 is 0 Å². The van der Waals surface area contributed by atoms with Crippen LogP contribution < -0.4 is 0 Å². The van der Waals surface area contributed by atoms with Gasteiger partial charge in [-0.25, -0.2) is 0 Å². The molecule has 0 aliphatic heterocycles. The number of hydrogen-bond donors (Lipinski definition) is 0. The first-order valence-electron chi connectivity index (χ1n) is 4.36. The Balaban J connectivity index is 2.80. The van der Waals surface area contributed by atoms with E-state index in [4.69, 9.17) is 0 Å². The zero-order valence-electron chi connectivity index (χ0n) is 7.83. The molecule has 0 fully saturated rings. The number of carbonyl (C=O) groups is 1. The molecular formula is C11H13IO. The van der Waals surface area contributed by atoms with E-state index in [0.29, 0.717) is 5.92 Å². The van der Waals surface area contributed by atoms with E-state index in [1.807, 2.05) is 30.3 Å². The first-order chi connectivity index (χ1) is 6.13. The van der Waals surface area contributed by atoms with Crippen LogP contribution >= 0.6 is 22.6 Å². The maximum atomic E-state index is 11.8. The van der Waals surface area contributed by atoms with Gasteiger partial charge < -0.3 is 0 Å². The number of halogens is 1. The number of alkyl halides is 1. The highest BCUT2D eigenvalue weighted by Gasteiger charge is 2.19. The second-order valence-corrected chi connectivity index (χ2v) is 4.72. The first kappa shape index (κ1) is 10.7. The maximum absolute atomic E-state index is 11.8. The molecule has 0 saturated heterocycles. The normalized spacial score (nSPS) is 12.9. The van der Waals surface area contributed by atoms with Crippen LogP contribution in [0.1, 0.15) is 24.2 Å². The van der Waals surface area contributed by atoms with Crippen molar-refractivity contribution in [1.82, 2.24) is 0 Å². The highest BCUT2D eigenvalue weighted by Crippen LogP contribution is 2.18. The van der Waals surface area contributed by atoms with Gasteiger partial charge in [0.1, 0.15) is 0 Å². The second kappa shape index (κ2) is 4.74. The fraction of sp³-hybridized carbons (Fsp3) is 0.364. The van der Waals surface area contributed by atoms with Gasteiger partial charge in [-0.15, -0.1) is 0 Å². The largest absolute Gasteiger partial charge is 0.293 e. The maximum Gasteiger partial charge on any atom is 0.175 e. The molecule has 0 heterocycles. The van der Waals surface area contributed by atoms with Crippen LogP contribution in [0.25, 0.3) is 0 Å². The molecule has 1 atom stereocenters. The summed E-state index contributed by atoms with van der Waals surface area (Å²) in [5.74, 6) is 0.629. The first-order valence-corrected chi connectivity index (χ1v) is 5.61. The third-order valence-corrected chi connectivity index (χ3v) is 3.90. The molecule has 0 radical (unpaired) electrons. The van der Waals surface area contributed by atoms with Crippen LogP contribution in [0.3, 0.4) is 0 Å². The van der Waals surface area contributed by atoms with Crippen molar-refractivity contribution in [3.63, 3.8) is 0 Å². The molecular weight excluding hydrogens is 275 g/mol. The molecule has 1 nitrogen and oxygen atoms in total. The van der Waals surface area contributed by atoms with Crippen LogP contribution in [0.15, 0.2) is 30.3 Å². The summed E-state index contributed by atoms with van der Waals surface area (Å²) in [7, 11) is 0. The van der Waals surface area contributed by atoms with Gasteiger partial charge in [0, 0.05) is 5.56 Å². The van der Waals surface area contributed by atoms with Crippen LogP contribution in [0, 0.1) is 5.92 Å². The minimum atomic E-state index is 0.0833. The Bertz CT molecular complexity index is 279. The van der Waals surface area contributed by atoms with E-state index in [0.717, 1.165) is 5.56 Å². The van der Waals surface area contributed by atoms with Gasteiger partial charge in [-0.2, -0.15) is 0 Å². The van der Waals surface area contributed by atoms with Crippen molar-refractivity contribution in [2.24, 2.45) is 5.92 Å². The number of ketones is 1. The molecule has 0 aromatic heterocycles. The molecule has 1 aromatic carbocycles. The van der Waals surface area contributed by atoms with E-state index in [9.17, 15) is 4.79 Å². The van der Waals surface area contributed by atoms with Crippen LogP contribution in [0.2, 0.25) is 0 Å². The quantitative estimate of drug-likeness (QED) is 0.473. The summed E-state index contributed by atoms with van der Waals surface area (Å²) in [6.07, 6.45) is 0. The van der Waals surface area contributed by atoms with Gasteiger partial charge in [-0.1, -0.05) is 66.8 Å². The molecule has 0 spiro atoms. The molecule has 13 heavy (non-hydrogen) atoms. The van der Waals surface area contributed by atoms with Crippen molar-refractivity contribution in [3.8, 4) is 0 Å². The lowest BCUT2D eigenvalue weighted by atomic mass is 10.0. The predicted molar refractivity (Wildman–Crippen MR) is 63.4 cm³/mol. The summed E-state index contributed by atoms with van der Waals surface area (Å²) in [5, 5.41) is 0. The number of rotatable bonds is 3. The average molecular weight is 288 g/mol. The molecule has 1 unspecified atom stereocenters. The molecule has 0 N–H and O–H groups in total. The van der Waals surface area contributed by atoms with Crippen LogP contribution in [-0.2, 0) is 0 Å². The van der Waals surface area contributed by atoms with E-state index in [-0.39, 0.29) is 9.71 Å². The molecule has 1 aromatic rings. The van der Waals surface area contributed by atoms with E-state index in [1.54, 1.807) is 0 Å². The number of hydrogen-bond acceptors (Lipinski definition) is 1. The van der Waals surface area contributed by atoms with Gasteiger partial charge in [0.25, 0.3) is 0 Å². The van der Waals surface area contributed by atoms with Crippen LogP contribution in [0.5, 0.6) is 0 Å². The summed E-state index contributed by atoms with van der Waals surface area (Å²) in [6, 6.07) is 9.47. The van der Waals surface area contributed by atoms with Crippen molar-refractivity contribution < 1.29 is 4.79 Å². The minimum Gasteiger partial charge on any atom is -0.293 e. The third-order valence-electron chi connectivity index (χ3n) is 1.89. The molecule has 1 rings (SSSR count). The SMILES string of the molecule is CC(C)C(I)C(=O)c1ccccc1. The minimum absolute atomic E-state index is 0.0833. The van der Waals surface area contributed by atoms with Gasteiger partial charge in [-0.05, 0) is 5.92 Å². The second-order valence-electron chi connectivity index (χ2n) is 3.38. The molecule has 0 bridgehead atoms. The molecule has 0 aliphatic rings. The zero-order chi connectivity index (χ0) is 9.84. The van der Waals surface area contributed by atoms with Gasteiger partial charge in [0.15, 0.2) is 5.78 Å². The highest BCUT2D eigenvalue weighted by atomic mass is 127. The third kappa shape index (κ3) is 2.79. The smallest absolute Gasteiger partial charge is 0.175 e. The fourth-order valence-electron chi connectivity index (χ4n) is 1.06. The summed E-state index contributed by atoms with van der Waals surface area (Å²) >= 11 is 2.21. The number of carbonyl (C=O) groups excluding carboxylic acids is 1. The molecule has 0 saturated carbocycles. The molecule has 0 aliphatic carbocycles. The zero-order valence-corrected chi connectivity index (χ0v) is 9.99. The number of Topliss-reactive ketones (excluding diaryl/α,β-unsaturated/α-hetero) is 1. The Kier molecular flexibility index (Phi) is 3.90. The van der Waals surface area contributed by atoms with Gasteiger partial charge in [-0.3, -0.25) is 4.79 Å². The molecule has 70 valence electrons. The predicted octanol–water partition coefficient (Wildman–Crippen LogP) is 3.33. The summed E-state index contributed by atoms with van der Waals surface area (Å²) in [4.78, 5) is 11.8.